The zero-order chi connectivity index (χ0) is 21.3. The monoisotopic (exact) mass is 435 g/mol. The van der Waals surface area contributed by atoms with Crippen LogP contribution >= 0.6 is 11.3 Å². The number of piperidine rings is 2. The van der Waals surface area contributed by atoms with Crippen LogP contribution in [0.15, 0.2) is 22.5 Å². The van der Waals surface area contributed by atoms with Crippen LogP contribution in [0.3, 0.4) is 0 Å². The lowest BCUT2D eigenvalue weighted by molar-refractivity contribution is 0.0532. The smallest absolute Gasteiger partial charge is 0.191 e. The molecule has 3 heterocycles. The van der Waals surface area contributed by atoms with Crippen LogP contribution in [0, 0.1) is 5.92 Å². The van der Waals surface area contributed by atoms with Crippen molar-refractivity contribution in [3.8, 4) is 0 Å². The first kappa shape index (κ1) is 23.5. The van der Waals surface area contributed by atoms with E-state index in [0.29, 0.717) is 24.1 Å². The Morgan fingerprint density at radius 3 is 2.73 bits per heavy atom. The molecule has 6 nitrogen and oxygen atoms in total. The van der Waals surface area contributed by atoms with Gasteiger partial charge in [-0.25, -0.2) is 0 Å². The summed E-state index contributed by atoms with van der Waals surface area (Å²) in [5.74, 6) is 1.57. The van der Waals surface area contributed by atoms with Gasteiger partial charge in [0.1, 0.15) is 0 Å². The predicted molar refractivity (Wildman–Crippen MR) is 127 cm³/mol. The second-order valence-corrected chi connectivity index (χ2v) is 9.96. The molecule has 2 aliphatic rings. The lowest BCUT2D eigenvalue weighted by atomic mass is 9.88. The third-order valence-electron chi connectivity index (χ3n) is 6.38. The van der Waals surface area contributed by atoms with Gasteiger partial charge in [0.15, 0.2) is 5.96 Å². The zero-order valence-electron chi connectivity index (χ0n) is 19.3. The van der Waals surface area contributed by atoms with Crippen LogP contribution in [0.5, 0.6) is 0 Å². The quantitative estimate of drug-likeness (QED) is 0.485. The lowest BCUT2D eigenvalue weighted by Crippen LogP contribution is -2.50. The van der Waals surface area contributed by atoms with E-state index in [1.54, 1.807) is 0 Å². The summed E-state index contributed by atoms with van der Waals surface area (Å²) in [5, 5.41) is 9.51. The minimum Gasteiger partial charge on any atom is -0.377 e. The Balaban J connectivity index is 1.43. The fourth-order valence-corrected chi connectivity index (χ4v) is 5.70. The highest BCUT2D eigenvalue weighted by atomic mass is 32.1. The van der Waals surface area contributed by atoms with Gasteiger partial charge >= 0.3 is 0 Å². The number of nitrogens with zero attached hydrogens (tertiary/aromatic N) is 3. The van der Waals surface area contributed by atoms with Crippen LogP contribution < -0.4 is 10.6 Å². The van der Waals surface area contributed by atoms with Gasteiger partial charge in [0, 0.05) is 50.2 Å². The number of guanidine groups is 1. The van der Waals surface area contributed by atoms with E-state index in [1.807, 2.05) is 18.4 Å². The van der Waals surface area contributed by atoms with Crippen LogP contribution in [0.4, 0.5) is 0 Å². The molecule has 2 atom stereocenters. The van der Waals surface area contributed by atoms with Gasteiger partial charge in [-0.3, -0.25) is 9.89 Å². The van der Waals surface area contributed by atoms with E-state index < -0.39 is 0 Å². The Hall–Kier alpha value is -1.15. The molecule has 0 saturated carbocycles. The van der Waals surface area contributed by atoms with Crippen molar-refractivity contribution in [2.45, 2.75) is 57.7 Å². The molecule has 7 heteroatoms. The maximum Gasteiger partial charge on any atom is 0.191 e. The summed E-state index contributed by atoms with van der Waals surface area (Å²) in [5.41, 5.74) is 0. The van der Waals surface area contributed by atoms with Gasteiger partial charge in [-0.05, 0) is 70.5 Å². The summed E-state index contributed by atoms with van der Waals surface area (Å²) < 4.78 is 5.70. The minimum absolute atomic E-state index is 0.321. The highest BCUT2D eigenvalue weighted by Crippen LogP contribution is 2.36. The third kappa shape index (κ3) is 6.94. The van der Waals surface area contributed by atoms with E-state index in [9.17, 15) is 0 Å². The molecule has 0 aromatic carbocycles. The van der Waals surface area contributed by atoms with Crippen LogP contribution in [0.2, 0.25) is 0 Å². The highest BCUT2D eigenvalue weighted by molar-refractivity contribution is 7.10. The molecule has 0 radical (unpaired) electrons. The van der Waals surface area contributed by atoms with Crippen molar-refractivity contribution in [2.24, 2.45) is 10.9 Å². The number of aliphatic imine (C=N–C) groups is 1. The molecule has 0 bridgehead atoms. The first-order valence-electron chi connectivity index (χ1n) is 11.6. The average Bonchev–Trinajstić information content (AvgIpc) is 3.26. The number of rotatable bonds is 8. The normalized spacial score (nSPS) is 25.0. The first-order chi connectivity index (χ1) is 14.6. The average molecular weight is 436 g/mol. The highest BCUT2D eigenvalue weighted by Gasteiger charge is 2.31. The van der Waals surface area contributed by atoms with Crippen LogP contribution in [-0.4, -0.2) is 81.3 Å². The van der Waals surface area contributed by atoms with Crippen molar-refractivity contribution >= 4 is 17.3 Å². The number of nitrogens with one attached hydrogen (secondary N) is 2. The van der Waals surface area contributed by atoms with Gasteiger partial charge in [-0.1, -0.05) is 6.07 Å². The van der Waals surface area contributed by atoms with E-state index >= 15 is 0 Å². The van der Waals surface area contributed by atoms with Crippen molar-refractivity contribution in [3.05, 3.63) is 22.4 Å². The molecular formula is C23H41N5OS. The SMILES string of the molecule is CN=C(NCC1CCCN(C)C1c1cccs1)NC1CCN(CCOC(C)C)CC1. The van der Waals surface area contributed by atoms with Gasteiger partial charge in [-0.2, -0.15) is 0 Å². The van der Waals surface area contributed by atoms with Gasteiger partial charge in [0.05, 0.1) is 12.7 Å². The van der Waals surface area contributed by atoms with Gasteiger partial charge in [0.25, 0.3) is 0 Å². The third-order valence-corrected chi connectivity index (χ3v) is 7.33. The standard InChI is InChI=1S/C23H41N5OS/c1-18(2)29-15-14-28-12-9-20(10-13-28)26-23(24-3)25-17-19-7-5-11-27(4)22(19)21-8-6-16-30-21/h6,8,16,18-20,22H,5,7,9-15,17H2,1-4H3,(H2,24,25,26). The molecule has 30 heavy (non-hydrogen) atoms. The molecule has 0 spiro atoms. The van der Waals surface area contributed by atoms with Crippen molar-refractivity contribution < 1.29 is 4.74 Å². The molecule has 2 fully saturated rings. The molecule has 3 rings (SSSR count). The number of likely N-dealkylation sites (tertiary alicyclic amines) is 2. The van der Waals surface area contributed by atoms with Crippen LogP contribution in [0.1, 0.15) is 50.4 Å². The Kier molecular flexibility index (Phi) is 9.43. The van der Waals surface area contributed by atoms with E-state index in [4.69, 9.17) is 4.74 Å². The van der Waals surface area contributed by atoms with E-state index in [0.717, 1.165) is 51.6 Å². The second-order valence-electron chi connectivity index (χ2n) is 8.98. The molecule has 2 saturated heterocycles. The lowest BCUT2D eigenvalue weighted by Gasteiger charge is -2.39. The molecule has 2 aliphatic heterocycles. The van der Waals surface area contributed by atoms with Crippen molar-refractivity contribution in [3.63, 3.8) is 0 Å². The summed E-state index contributed by atoms with van der Waals surface area (Å²) in [6.07, 6.45) is 5.18. The van der Waals surface area contributed by atoms with Gasteiger partial charge in [0.2, 0.25) is 0 Å². The Morgan fingerprint density at radius 2 is 2.07 bits per heavy atom. The summed E-state index contributed by atoms with van der Waals surface area (Å²) in [6, 6.07) is 5.48. The minimum atomic E-state index is 0.321. The van der Waals surface area contributed by atoms with Crippen LogP contribution in [-0.2, 0) is 4.74 Å². The number of hydrogen-bond acceptors (Lipinski definition) is 5. The zero-order valence-corrected chi connectivity index (χ0v) is 20.1. The summed E-state index contributed by atoms with van der Waals surface area (Å²) in [6.45, 7) is 10.5. The van der Waals surface area contributed by atoms with Crippen LogP contribution in [0.25, 0.3) is 0 Å². The maximum atomic E-state index is 5.70. The topological polar surface area (TPSA) is 52.1 Å². The van der Waals surface area contributed by atoms with Crippen molar-refractivity contribution in [1.82, 2.24) is 20.4 Å². The number of hydrogen-bond donors (Lipinski definition) is 2. The summed E-state index contributed by atoms with van der Waals surface area (Å²) in [7, 11) is 4.15. The van der Waals surface area contributed by atoms with Crippen molar-refractivity contribution in [1.29, 1.82) is 0 Å². The van der Waals surface area contributed by atoms with Gasteiger partial charge in [-0.15, -0.1) is 11.3 Å². The van der Waals surface area contributed by atoms with Gasteiger partial charge < -0.3 is 20.3 Å². The molecule has 2 N–H and O–H groups in total. The summed E-state index contributed by atoms with van der Waals surface area (Å²) in [4.78, 5) is 11.0. The number of thiophene rings is 1. The molecule has 1 aromatic heterocycles. The Labute approximate surface area is 187 Å². The Bertz CT molecular complexity index is 628. The fourth-order valence-electron chi connectivity index (χ4n) is 4.72. The molecule has 2 unspecified atom stereocenters. The molecule has 1 aromatic rings. The molecular weight excluding hydrogens is 394 g/mol. The number of ether oxygens (including phenoxy) is 1. The molecule has 170 valence electrons. The molecule has 0 amide bonds. The van der Waals surface area contributed by atoms with E-state index in [-0.39, 0.29) is 0 Å². The largest absolute Gasteiger partial charge is 0.377 e. The predicted octanol–water partition coefficient (Wildman–Crippen LogP) is 3.19. The van der Waals surface area contributed by atoms with E-state index in [2.05, 4.69) is 63.8 Å². The summed E-state index contributed by atoms with van der Waals surface area (Å²) >= 11 is 1.88. The maximum absolute atomic E-state index is 5.70. The fraction of sp³-hybridized carbons (Fsp3) is 0.783. The first-order valence-corrected chi connectivity index (χ1v) is 12.5. The van der Waals surface area contributed by atoms with Crippen molar-refractivity contribution in [2.75, 3.05) is 53.4 Å². The van der Waals surface area contributed by atoms with E-state index in [1.165, 1.54) is 24.3 Å². The Morgan fingerprint density at radius 1 is 1.27 bits per heavy atom. The molecule has 0 aliphatic carbocycles. The second kappa shape index (κ2) is 12.0.